The maximum Gasteiger partial charge on any atom is 0.261 e. The molecule has 0 atom stereocenters. The van der Waals surface area contributed by atoms with Crippen LogP contribution in [0.5, 0.6) is 0 Å². The van der Waals surface area contributed by atoms with E-state index in [-0.39, 0.29) is 17.4 Å². The average Bonchev–Trinajstić information content (AvgIpc) is 2.82. The molecule has 2 amide bonds. The van der Waals surface area contributed by atoms with Crippen LogP contribution >= 0.6 is 0 Å². The number of benzene rings is 5. The second kappa shape index (κ2) is 5.32. The zero-order valence-electron chi connectivity index (χ0n) is 17.4. The molecule has 5 aromatic carbocycles. The molecule has 0 bridgehead atoms. The lowest BCUT2D eigenvalue weighted by Gasteiger charge is -2.26. The predicted octanol–water partition coefficient (Wildman–Crippen LogP) is 3.94. The third-order valence-corrected chi connectivity index (χ3v) is 7.22. The molecule has 0 aliphatic carbocycles. The van der Waals surface area contributed by atoms with Gasteiger partial charge < -0.3 is 4.57 Å². The predicted molar refractivity (Wildman–Crippen MR) is 128 cm³/mol. The largest absolute Gasteiger partial charge is 0.311 e. The number of carbonyl (C=O) groups is 2. The first kappa shape index (κ1) is 17.4. The summed E-state index contributed by atoms with van der Waals surface area (Å²) < 4.78 is 1.59. The molecule has 2 heterocycles. The van der Waals surface area contributed by atoms with Gasteiger partial charge in [0.25, 0.3) is 17.4 Å². The molecule has 1 aliphatic heterocycles. The van der Waals surface area contributed by atoms with Crippen molar-refractivity contribution in [2.45, 2.75) is 0 Å². The first-order valence-corrected chi connectivity index (χ1v) is 10.4. The molecule has 0 N–H and O–H groups in total. The Hall–Kier alpha value is -4.25. The number of pyridine rings is 1. The van der Waals surface area contributed by atoms with Gasteiger partial charge in [-0.3, -0.25) is 19.3 Å². The van der Waals surface area contributed by atoms with Crippen molar-refractivity contribution in [1.29, 1.82) is 0 Å². The molecule has 0 fully saturated rings. The van der Waals surface area contributed by atoms with E-state index in [4.69, 9.17) is 0 Å². The van der Waals surface area contributed by atoms with Gasteiger partial charge in [0, 0.05) is 52.1 Å². The molecule has 0 saturated carbocycles. The van der Waals surface area contributed by atoms with Crippen LogP contribution in [-0.4, -0.2) is 28.3 Å². The van der Waals surface area contributed by atoms with Gasteiger partial charge in [0.15, 0.2) is 0 Å². The summed E-state index contributed by atoms with van der Waals surface area (Å²) in [5, 5.41) is 9.81. The molecule has 5 heteroatoms. The lowest BCUT2D eigenvalue weighted by atomic mass is 9.84. The summed E-state index contributed by atoms with van der Waals surface area (Å²) in [5.74, 6) is -0.570. The number of hydrogen-bond donors (Lipinski definition) is 0. The first-order chi connectivity index (χ1) is 15.4. The van der Waals surface area contributed by atoms with E-state index in [1.807, 2.05) is 42.5 Å². The Morgan fingerprint density at radius 1 is 0.562 bits per heavy atom. The lowest BCUT2D eigenvalue weighted by Crippen LogP contribution is -2.36. The molecule has 0 spiro atoms. The number of hydrogen-bond acceptors (Lipinski definition) is 3. The molecule has 0 radical (unpaired) electrons. The minimum atomic E-state index is -0.285. The first-order valence-electron chi connectivity index (χ1n) is 10.4. The van der Waals surface area contributed by atoms with E-state index < -0.39 is 0 Å². The van der Waals surface area contributed by atoms with Gasteiger partial charge in [-0.25, -0.2) is 0 Å². The zero-order valence-corrected chi connectivity index (χ0v) is 17.4. The molecular formula is C27H16N2O3. The molecule has 6 aromatic rings. The summed E-state index contributed by atoms with van der Waals surface area (Å²) in [5.41, 5.74) is 1.02. The Morgan fingerprint density at radius 2 is 0.969 bits per heavy atom. The summed E-state index contributed by atoms with van der Waals surface area (Å²) in [6.45, 7) is 4.15. The average molecular weight is 416 g/mol. The quantitative estimate of drug-likeness (QED) is 0.214. The maximum absolute atomic E-state index is 13.0. The third kappa shape index (κ3) is 1.72. The van der Waals surface area contributed by atoms with Gasteiger partial charge in [-0.05, 0) is 50.5 Å². The molecule has 32 heavy (non-hydrogen) atoms. The van der Waals surface area contributed by atoms with E-state index in [1.54, 1.807) is 11.6 Å². The van der Waals surface area contributed by atoms with Crippen molar-refractivity contribution < 1.29 is 9.59 Å². The number of imide groups is 1. The van der Waals surface area contributed by atoms with Crippen LogP contribution in [0.15, 0.2) is 53.3 Å². The fourth-order valence-electron chi connectivity index (χ4n) is 5.60. The second-order valence-corrected chi connectivity index (χ2v) is 8.62. The van der Waals surface area contributed by atoms with E-state index in [2.05, 4.69) is 12.6 Å². The minimum Gasteiger partial charge on any atom is -0.311 e. The molecule has 5 nitrogen and oxygen atoms in total. The Labute approximate surface area is 181 Å². The minimum absolute atomic E-state index is 0.0681. The summed E-state index contributed by atoms with van der Waals surface area (Å²) in [4.78, 5) is 39.9. The van der Waals surface area contributed by atoms with Gasteiger partial charge in [-0.1, -0.05) is 36.9 Å². The molecular weight excluding hydrogens is 400 g/mol. The molecule has 152 valence electrons. The van der Waals surface area contributed by atoms with Crippen LogP contribution in [0.2, 0.25) is 0 Å². The van der Waals surface area contributed by atoms with Crippen molar-refractivity contribution in [3.8, 4) is 0 Å². The van der Waals surface area contributed by atoms with Crippen LogP contribution in [0.1, 0.15) is 20.7 Å². The van der Waals surface area contributed by atoms with Crippen LogP contribution in [0, 0.1) is 0 Å². The number of carbonyl (C=O) groups excluding carboxylic acids is 2. The highest BCUT2D eigenvalue weighted by molar-refractivity contribution is 6.40. The smallest absolute Gasteiger partial charge is 0.261 e. The molecule has 7 rings (SSSR count). The van der Waals surface area contributed by atoms with E-state index in [1.165, 1.54) is 11.9 Å². The van der Waals surface area contributed by atoms with Crippen LogP contribution in [0.3, 0.4) is 0 Å². The van der Waals surface area contributed by atoms with Gasteiger partial charge >= 0.3 is 0 Å². The van der Waals surface area contributed by atoms with E-state index in [9.17, 15) is 14.4 Å². The fourth-order valence-corrected chi connectivity index (χ4v) is 5.60. The van der Waals surface area contributed by atoms with Crippen LogP contribution in [0.4, 0.5) is 0 Å². The summed E-state index contributed by atoms with van der Waals surface area (Å²) in [6, 6.07) is 15.5. The van der Waals surface area contributed by atoms with Crippen LogP contribution in [0.25, 0.3) is 60.4 Å². The second-order valence-electron chi connectivity index (χ2n) is 8.62. The number of amides is 2. The Morgan fingerprint density at radius 3 is 1.53 bits per heavy atom. The van der Waals surface area contributed by atoms with Crippen molar-refractivity contribution in [3.63, 3.8) is 0 Å². The summed E-state index contributed by atoms with van der Waals surface area (Å²) >= 11 is 0. The Bertz CT molecular complexity index is 1850. The Balaban J connectivity index is 1.84. The highest BCUT2D eigenvalue weighted by Gasteiger charge is 2.32. The van der Waals surface area contributed by atoms with Crippen molar-refractivity contribution in [2.75, 3.05) is 7.05 Å². The number of nitrogens with zero attached hydrogens (tertiary/aromatic N) is 2. The van der Waals surface area contributed by atoms with Gasteiger partial charge in [-0.2, -0.15) is 0 Å². The van der Waals surface area contributed by atoms with Crippen molar-refractivity contribution >= 4 is 72.3 Å². The van der Waals surface area contributed by atoms with E-state index in [0.717, 1.165) is 43.1 Å². The maximum atomic E-state index is 13.0. The highest BCUT2D eigenvalue weighted by atomic mass is 16.2. The van der Waals surface area contributed by atoms with Gasteiger partial charge in [0.05, 0.1) is 0 Å². The summed E-state index contributed by atoms with van der Waals surface area (Å²) in [6.07, 6.45) is 0. The third-order valence-electron chi connectivity index (χ3n) is 7.22. The van der Waals surface area contributed by atoms with Crippen molar-refractivity contribution in [1.82, 2.24) is 9.47 Å². The van der Waals surface area contributed by atoms with Crippen molar-refractivity contribution in [2.24, 2.45) is 7.05 Å². The summed E-state index contributed by atoms with van der Waals surface area (Å²) in [7, 11) is 3.27. The van der Waals surface area contributed by atoms with Crippen molar-refractivity contribution in [3.05, 3.63) is 75.4 Å². The molecule has 1 aromatic heterocycles. The number of rotatable bonds is 0. The standard InChI is InChI=1S/C27H16N2O3/c1-12-13-4-5-14-16-7-10-19-24-20(27(32)29(3)26(19)31)11-8-17(23(16)24)15-6-9-18(21(13)22(14)15)25(30)28(12)2/h4-11H,1H2,2-3H3. The van der Waals surface area contributed by atoms with E-state index >= 15 is 0 Å². The fraction of sp³-hybridized carbons (Fsp3) is 0.0741. The monoisotopic (exact) mass is 416 g/mol. The van der Waals surface area contributed by atoms with E-state index in [0.29, 0.717) is 27.2 Å². The van der Waals surface area contributed by atoms with Gasteiger partial charge in [-0.15, -0.1) is 0 Å². The van der Waals surface area contributed by atoms with Gasteiger partial charge in [0.2, 0.25) is 0 Å². The molecule has 0 unspecified atom stereocenters. The molecule has 0 saturated heterocycles. The topological polar surface area (TPSA) is 59.4 Å². The zero-order chi connectivity index (χ0) is 22.0. The highest BCUT2D eigenvalue weighted by Crippen LogP contribution is 2.44. The normalized spacial score (nSPS) is 14.2. The Kier molecular flexibility index (Phi) is 2.90. The SMILES string of the molecule is C=c1c2ccc3c4ccc5c6c(ccc(c7ccc(c(=O)n1C)c2c37)c64)C(=O)N(C)C5=O. The number of fused-ring (bicyclic) bond motifs is 2. The van der Waals surface area contributed by atoms with Crippen LogP contribution < -0.4 is 10.9 Å². The molecule has 1 aliphatic rings. The lowest BCUT2D eigenvalue weighted by molar-refractivity contribution is 0.0651. The number of aromatic nitrogens is 1. The van der Waals surface area contributed by atoms with Gasteiger partial charge in [0.1, 0.15) is 0 Å². The van der Waals surface area contributed by atoms with Crippen LogP contribution in [-0.2, 0) is 7.05 Å².